The number of nitro benzene ring substituents is 1. The molecule has 48 heavy (non-hydrogen) atoms. The number of non-ortho nitro benzene ring substituents is 1. The predicted molar refractivity (Wildman–Crippen MR) is 182 cm³/mol. The van der Waals surface area contributed by atoms with E-state index >= 15 is 0 Å². The number of anilines is 5. The number of nitro groups is 1. The number of ether oxygens (including phenoxy) is 2. The highest BCUT2D eigenvalue weighted by Gasteiger charge is 2.24. The zero-order valence-corrected chi connectivity index (χ0v) is 26.9. The molecule has 1 saturated carbocycles. The van der Waals surface area contributed by atoms with Crippen LogP contribution < -0.4 is 31.5 Å². The van der Waals surface area contributed by atoms with Gasteiger partial charge in [0.15, 0.2) is 0 Å². The van der Waals surface area contributed by atoms with Crippen molar-refractivity contribution in [3.63, 3.8) is 0 Å². The fourth-order valence-corrected chi connectivity index (χ4v) is 5.56. The highest BCUT2D eigenvalue weighted by Crippen LogP contribution is 2.25. The molecule has 2 heterocycles. The van der Waals surface area contributed by atoms with Gasteiger partial charge in [0.25, 0.3) is 11.6 Å². The predicted octanol–water partition coefficient (Wildman–Crippen LogP) is 2.29. The molecular formula is C32H44N10O6. The van der Waals surface area contributed by atoms with E-state index in [9.17, 15) is 20.0 Å². The number of hydrogen-bond acceptors (Lipinski definition) is 14. The van der Waals surface area contributed by atoms with Crippen LogP contribution in [-0.4, -0.2) is 109 Å². The van der Waals surface area contributed by atoms with Gasteiger partial charge in [0.05, 0.1) is 37.5 Å². The quantitative estimate of drug-likeness (QED) is 0.0847. The Morgan fingerprint density at radius 3 is 2.19 bits per heavy atom. The second-order valence-corrected chi connectivity index (χ2v) is 11.7. The number of aliphatic hydroxyl groups excluding tert-OH is 1. The summed E-state index contributed by atoms with van der Waals surface area (Å²) in [6.45, 7) is 5.29. The van der Waals surface area contributed by atoms with E-state index < -0.39 is 4.92 Å². The van der Waals surface area contributed by atoms with E-state index in [1.54, 1.807) is 36.4 Å². The van der Waals surface area contributed by atoms with Gasteiger partial charge in [-0.25, -0.2) is 0 Å². The fraction of sp³-hybridized carbons (Fsp3) is 0.500. The summed E-state index contributed by atoms with van der Waals surface area (Å²) < 4.78 is 10.7. The average Bonchev–Trinajstić information content (AvgIpc) is 3.10. The summed E-state index contributed by atoms with van der Waals surface area (Å²) >= 11 is 0. The molecule has 0 spiro atoms. The molecule has 1 amide bonds. The molecule has 1 aliphatic carbocycles. The van der Waals surface area contributed by atoms with Gasteiger partial charge in [-0.2, -0.15) is 15.0 Å². The van der Waals surface area contributed by atoms with E-state index in [1.807, 2.05) is 0 Å². The van der Waals surface area contributed by atoms with Crippen molar-refractivity contribution in [2.24, 2.45) is 5.73 Å². The van der Waals surface area contributed by atoms with E-state index in [1.165, 1.54) is 12.1 Å². The molecule has 16 nitrogen and oxygen atoms in total. The van der Waals surface area contributed by atoms with Gasteiger partial charge in [0.2, 0.25) is 17.8 Å². The number of rotatable bonds is 16. The van der Waals surface area contributed by atoms with Crippen molar-refractivity contribution < 1.29 is 24.3 Å². The Hall–Kier alpha value is -4.64. The zero-order chi connectivity index (χ0) is 33.7. The maximum Gasteiger partial charge on any atom is 0.269 e. The summed E-state index contributed by atoms with van der Waals surface area (Å²) in [5, 5.41) is 30.5. The Kier molecular flexibility index (Phi) is 12.6. The Bertz CT molecular complexity index is 1460. The van der Waals surface area contributed by atoms with Crippen molar-refractivity contribution in [3.05, 3.63) is 64.2 Å². The largest absolute Gasteiger partial charge is 0.393 e. The van der Waals surface area contributed by atoms with Crippen LogP contribution in [0.15, 0.2) is 48.5 Å². The third kappa shape index (κ3) is 10.2. The summed E-state index contributed by atoms with van der Waals surface area (Å²) in [6, 6.07) is 13.8. The Labute approximate surface area is 279 Å². The van der Waals surface area contributed by atoms with Gasteiger partial charge >= 0.3 is 0 Å². The van der Waals surface area contributed by atoms with E-state index in [4.69, 9.17) is 25.2 Å². The minimum Gasteiger partial charge on any atom is -0.393 e. The summed E-state index contributed by atoms with van der Waals surface area (Å²) in [6.07, 6.45) is 2.81. The van der Waals surface area contributed by atoms with Gasteiger partial charge in [0.1, 0.15) is 0 Å². The van der Waals surface area contributed by atoms with Crippen molar-refractivity contribution >= 4 is 40.8 Å². The van der Waals surface area contributed by atoms with Crippen LogP contribution in [0.25, 0.3) is 0 Å². The van der Waals surface area contributed by atoms with Crippen molar-refractivity contribution in [3.8, 4) is 0 Å². The maximum atomic E-state index is 12.6. The fourth-order valence-electron chi connectivity index (χ4n) is 5.56. The number of aliphatic hydroxyl groups is 1. The number of amides is 1. The minimum absolute atomic E-state index is 0.0650. The van der Waals surface area contributed by atoms with Gasteiger partial charge in [0, 0.05) is 74.4 Å². The molecule has 3 aromatic rings. The first-order valence-corrected chi connectivity index (χ1v) is 16.3. The topological polar surface area (TPSA) is 206 Å². The van der Waals surface area contributed by atoms with Crippen LogP contribution in [0.2, 0.25) is 0 Å². The van der Waals surface area contributed by atoms with Crippen LogP contribution in [0.3, 0.4) is 0 Å². The molecule has 1 aliphatic heterocycles. The highest BCUT2D eigenvalue weighted by atomic mass is 16.6. The molecule has 6 N–H and O–H groups in total. The Morgan fingerprint density at radius 1 is 0.875 bits per heavy atom. The second-order valence-electron chi connectivity index (χ2n) is 11.7. The number of piperazine rings is 1. The van der Waals surface area contributed by atoms with E-state index in [0.717, 1.165) is 31.4 Å². The molecule has 2 aliphatic rings. The van der Waals surface area contributed by atoms with Gasteiger partial charge in [-0.1, -0.05) is 0 Å². The third-order valence-corrected chi connectivity index (χ3v) is 8.21. The zero-order valence-electron chi connectivity index (χ0n) is 26.9. The summed E-state index contributed by atoms with van der Waals surface area (Å²) in [7, 11) is 0. The summed E-state index contributed by atoms with van der Waals surface area (Å²) in [5.74, 6) is 1.13. The maximum absolute atomic E-state index is 12.6. The van der Waals surface area contributed by atoms with Crippen LogP contribution >= 0.6 is 0 Å². The Morgan fingerprint density at radius 2 is 1.52 bits per heavy atom. The molecule has 1 aromatic heterocycles. The summed E-state index contributed by atoms with van der Waals surface area (Å²) in [5.41, 5.74) is 7.59. The van der Waals surface area contributed by atoms with Gasteiger partial charge in [-0.05, 0) is 62.1 Å². The van der Waals surface area contributed by atoms with Crippen LogP contribution in [0, 0.1) is 10.1 Å². The van der Waals surface area contributed by atoms with Crippen molar-refractivity contribution in [1.29, 1.82) is 0 Å². The molecule has 0 unspecified atom stereocenters. The highest BCUT2D eigenvalue weighted by molar-refractivity contribution is 5.94. The molecule has 16 heteroatoms. The number of hydrogen-bond donors (Lipinski definition) is 5. The Balaban J connectivity index is 1.20. The van der Waals surface area contributed by atoms with E-state index in [2.05, 4.69) is 30.7 Å². The number of nitrogens with zero attached hydrogens (tertiary/aromatic N) is 6. The first-order valence-electron chi connectivity index (χ1n) is 16.3. The molecule has 1 saturated heterocycles. The SMILES string of the molecule is NCCOCCOCCNC(=O)c1ccc(Nc2nc(NC3CCC(O)CC3)nc(N3CCN(c4ccc([N+](=O)[O-])cc4)CC3)n2)cc1. The lowest BCUT2D eigenvalue weighted by molar-refractivity contribution is -0.384. The molecule has 2 aromatic carbocycles. The molecular weight excluding hydrogens is 620 g/mol. The average molecular weight is 665 g/mol. The minimum atomic E-state index is -0.400. The standard InChI is InChI=1S/C32H44N10O6/c33-13-19-47-21-22-48-20-14-34-29(44)23-1-3-24(4-2-23)35-30-37-31(36-25-5-11-28(43)12-6-25)39-32(38-30)41-17-15-40(16-18-41)26-7-9-27(10-8-26)42(45)46/h1-4,7-10,25,28,43H,5-6,11-22,33H2,(H,34,44)(H2,35,36,37,38,39). The normalized spacial score (nSPS) is 18.0. The molecule has 2 fully saturated rings. The number of nitrogens with one attached hydrogen (secondary N) is 3. The molecule has 0 bridgehead atoms. The smallest absolute Gasteiger partial charge is 0.269 e. The van der Waals surface area contributed by atoms with Crippen LogP contribution in [0.4, 0.5) is 34.9 Å². The molecule has 258 valence electrons. The number of carbonyl (C=O) groups is 1. The number of aromatic nitrogens is 3. The van der Waals surface area contributed by atoms with Crippen LogP contribution in [0.1, 0.15) is 36.0 Å². The lowest BCUT2D eigenvalue weighted by Gasteiger charge is -2.36. The first kappa shape index (κ1) is 34.7. The molecule has 0 radical (unpaired) electrons. The van der Waals surface area contributed by atoms with Crippen molar-refractivity contribution in [2.45, 2.75) is 37.8 Å². The second kappa shape index (κ2) is 17.5. The monoisotopic (exact) mass is 664 g/mol. The number of carbonyl (C=O) groups excluding carboxylic acids is 1. The van der Waals surface area contributed by atoms with Crippen LogP contribution in [-0.2, 0) is 9.47 Å². The lowest BCUT2D eigenvalue weighted by atomic mass is 9.93. The van der Waals surface area contributed by atoms with Crippen molar-refractivity contribution in [1.82, 2.24) is 20.3 Å². The van der Waals surface area contributed by atoms with Gasteiger partial charge < -0.3 is 46.1 Å². The van der Waals surface area contributed by atoms with E-state index in [-0.39, 0.29) is 23.7 Å². The van der Waals surface area contributed by atoms with Crippen molar-refractivity contribution in [2.75, 3.05) is 86.1 Å². The third-order valence-electron chi connectivity index (χ3n) is 8.21. The number of benzene rings is 2. The summed E-state index contributed by atoms with van der Waals surface area (Å²) in [4.78, 5) is 41.7. The lowest BCUT2D eigenvalue weighted by Crippen LogP contribution is -2.47. The first-order chi connectivity index (χ1) is 23.4. The molecule has 0 atom stereocenters. The molecule has 5 rings (SSSR count). The van der Waals surface area contributed by atoms with Gasteiger partial charge in [-0.15, -0.1) is 0 Å². The number of nitrogens with two attached hydrogens (primary N) is 1. The van der Waals surface area contributed by atoms with Gasteiger partial charge in [-0.3, -0.25) is 14.9 Å². The van der Waals surface area contributed by atoms with Crippen LogP contribution in [0.5, 0.6) is 0 Å². The van der Waals surface area contributed by atoms with E-state index in [0.29, 0.717) is 94.8 Å².